The number of pyridine rings is 1. The Labute approximate surface area is 112 Å². The summed E-state index contributed by atoms with van der Waals surface area (Å²) in [6.07, 6.45) is 2.14. The fraction of sp³-hybridized carbons (Fsp3) is 0.538. The van der Waals surface area contributed by atoms with E-state index in [1.165, 1.54) is 6.20 Å². The molecule has 1 amide bonds. The van der Waals surface area contributed by atoms with Crippen LogP contribution in [-0.2, 0) is 0 Å². The van der Waals surface area contributed by atoms with Crippen LogP contribution in [0.5, 0.6) is 0 Å². The lowest BCUT2D eigenvalue weighted by Gasteiger charge is -2.25. The van der Waals surface area contributed by atoms with Crippen LogP contribution in [0.4, 0.5) is 0 Å². The first-order valence-corrected chi connectivity index (χ1v) is 6.31. The predicted molar refractivity (Wildman–Crippen MR) is 71.7 cm³/mol. The number of carbonyl (C=O) groups excluding carboxylic acids is 1. The van der Waals surface area contributed by atoms with Gasteiger partial charge < -0.3 is 10.4 Å². The molecule has 0 aromatic carbocycles. The number of hydrogen-bond donors (Lipinski definition) is 2. The Kier molecular flexibility index (Phi) is 5.11. The van der Waals surface area contributed by atoms with Crippen molar-refractivity contribution >= 4 is 17.5 Å². The van der Waals surface area contributed by atoms with Crippen molar-refractivity contribution in [1.29, 1.82) is 0 Å². The van der Waals surface area contributed by atoms with Gasteiger partial charge in [-0.05, 0) is 31.4 Å². The van der Waals surface area contributed by atoms with Crippen LogP contribution in [0.2, 0.25) is 5.15 Å². The monoisotopic (exact) mass is 270 g/mol. The van der Waals surface area contributed by atoms with E-state index in [1.54, 1.807) is 19.1 Å². The molecule has 1 aromatic rings. The van der Waals surface area contributed by atoms with Crippen LogP contribution < -0.4 is 5.32 Å². The molecule has 0 aliphatic heterocycles. The second-order valence-electron chi connectivity index (χ2n) is 5.12. The van der Waals surface area contributed by atoms with Gasteiger partial charge in [-0.2, -0.15) is 0 Å². The number of carbonyl (C=O) groups is 1. The zero-order valence-electron chi connectivity index (χ0n) is 10.9. The van der Waals surface area contributed by atoms with Crippen LogP contribution in [0.1, 0.15) is 37.6 Å². The Hall–Kier alpha value is -1.13. The summed E-state index contributed by atoms with van der Waals surface area (Å²) in [5.41, 5.74) is -0.599. The molecular weight excluding hydrogens is 252 g/mol. The fourth-order valence-corrected chi connectivity index (χ4v) is 2.08. The normalized spacial score (nSPS) is 14.3. The van der Waals surface area contributed by atoms with Crippen molar-refractivity contribution in [2.45, 2.75) is 32.8 Å². The fourth-order valence-electron chi connectivity index (χ4n) is 1.87. The van der Waals surface area contributed by atoms with Gasteiger partial charge in [0, 0.05) is 12.7 Å². The standard InChI is InChI=1S/C13H19ClN2O2/c1-9(2)7-13(3,18)8-16-12(17)10-5-4-6-15-11(10)14/h4-6,9,18H,7-8H2,1-3H3,(H,16,17). The van der Waals surface area contributed by atoms with Gasteiger partial charge in [-0.15, -0.1) is 0 Å². The minimum Gasteiger partial charge on any atom is -0.388 e. The molecule has 0 spiro atoms. The molecule has 1 aromatic heterocycles. The lowest BCUT2D eigenvalue weighted by Crippen LogP contribution is -2.41. The van der Waals surface area contributed by atoms with Gasteiger partial charge in [0.25, 0.3) is 5.91 Å². The highest BCUT2D eigenvalue weighted by molar-refractivity contribution is 6.32. The molecule has 0 fully saturated rings. The minimum absolute atomic E-state index is 0.165. The summed E-state index contributed by atoms with van der Waals surface area (Å²) in [5, 5.41) is 12.9. The average Bonchev–Trinajstić information content (AvgIpc) is 2.25. The van der Waals surface area contributed by atoms with Crippen molar-refractivity contribution in [3.05, 3.63) is 29.0 Å². The zero-order valence-corrected chi connectivity index (χ0v) is 11.7. The second kappa shape index (κ2) is 6.16. The van der Waals surface area contributed by atoms with Crippen LogP contribution in [0.15, 0.2) is 18.3 Å². The third kappa shape index (κ3) is 4.63. The molecule has 0 saturated carbocycles. The molecule has 18 heavy (non-hydrogen) atoms. The summed E-state index contributed by atoms with van der Waals surface area (Å²) in [6.45, 7) is 5.94. The second-order valence-corrected chi connectivity index (χ2v) is 5.48. The lowest BCUT2D eigenvalue weighted by molar-refractivity contribution is 0.0368. The van der Waals surface area contributed by atoms with Gasteiger partial charge in [0.2, 0.25) is 0 Å². The molecule has 0 aliphatic rings. The topological polar surface area (TPSA) is 62.2 Å². The Balaban J connectivity index is 2.59. The summed E-state index contributed by atoms with van der Waals surface area (Å²) < 4.78 is 0. The quantitative estimate of drug-likeness (QED) is 0.807. The van der Waals surface area contributed by atoms with Crippen molar-refractivity contribution in [2.75, 3.05) is 6.54 Å². The van der Waals surface area contributed by atoms with E-state index in [1.807, 2.05) is 13.8 Å². The maximum absolute atomic E-state index is 11.9. The highest BCUT2D eigenvalue weighted by Crippen LogP contribution is 2.16. The largest absolute Gasteiger partial charge is 0.388 e. The number of nitrogens with one attached hydrogen (secondary N) is 1. The van der Waals surface area contributed by atoms with Crippen molar-refractivity contribution in [1.82, 2.24) is 10.3 Å². The molecule has 5 heteroatoms. The molecule has 2 N–H and O–H groups in total. The Morgan fingerprint density at radius 3 is 2.83 bits per heavy atom. The Morgan fingerprint density at radius 2 is 2.28 bits per heavy atom. The SMILES string of the molecule is CC(C)CC(C)(O)CNC(=O)c1cccnc1Cl. The maximum atomic E-state index is 11.9. The van der Waals surface area contributed by atoms with Crippen molar-refractivity contribution in [3.63, 3.8) is 0 Å². The van der Waals surface area contributed by atoms with Gasteiger partial charge in [0.15, 0.2) is 0 Å². The minimum atomic E-state index is -0.918. The first kappa shape index (κ1) is 14.9. The summed E-state index contributed by atoms with van der Waals surface area (Å²) in [5.74, 6) is 0.0380. The van der Waals surface area contributed by atoms with E-state index in [2.05, 4.69) is 10.3 Å². The smallest absolute Gasteiger partial charge is 0.254 e. The first-order valence-electron chi connectivity index (χ1n) is 5.93. The summed E-state index contributed by atoms with van der Waals surface area (Å²) in [7, 11) is 0. The van der Waals surface area contributed by atoms with Crippen LogP contribution in [0.25, 0.3) is 0 Å². The lowest BCUT2D eigenvalue weighted by atomic mass is 9.94. The number of hydrogen-bond acceptors (Lipinski definition) is 3. The number of aliphatic hydroxyl groups is 1. The first-order chi connectivity index (χ1) is 8.32. The molecule has 4 nitrogen and oxygen atoms in total. The third-order valence-corrected chi connectivity index (χ3v) is 2.78. The Morgan fingerprint density at radius 1 is 1.61 bits per heavy atom. The van der Waals surface area contributed by atoms with E-state index >= 15 is 0 Å². The van der Waals surface area contributed by atoms with Crippen LogP contribution >= 0.6 is 11.6 Å². The molecule has 1 heterocycles. The molecular formula is C13H19ClN2O2. The third-order valence-electron chi connectivity index (χ3n) is 2.48. The summed E-state index contributed by atoms with van der Waals surface area (Å²) >= 11 is 5.82. The van der Waals surface area contributed by atoms with E-state index in [-0.39, 0.29) is 17.6 Å². The van der Waals surface area contributed by atoms with Crippen molar-refractivity contribution in [2.24, 2.45) is 5.92 Å². The van der Waals surface area contributed by atoms with Crippen LogP contribution in [0.3, 0.4) is 0 Å². The molecule has 0 radical (unpaired) electrons. The highest BCUT2D eigenvalue weighted by Gasteiger charge is 2.23. The molecule has 0 saturated heterocycles. The number of amides is 1. The molecule has 1 unspecified atom stereocenters. The van der Waals surface area contributed by atoms with E-state index < -0.39 is 5.60 Å². The van der Waals surface area contributed by atoms with E-state index in [4.69, 9.17) is 11.6 Å². The number of halogens is 1. The van der Waals surface area contributed by atoms with Gasteiger partial charge in [-0.1, -0.05) is 25.4 Å². The number of aromatic nitrogens is 1. The van der Waals surface area contributed by atoms with Gasteiger partial charge in [0.1, 0.15) is 5.15 Å². The zero-order chi connectivity index (χ0) is 13.8. The van der Waals surface area contributed by atoms with E-state index in [9.17, 15) is 9.90 Å². The maximum Gasteiger partial charge on any atom is 0.254 e. The molecule has 1 atom stereocenters. The molecule has 100 valence electrons. The highest BCUT2D eigenvalue weighted by atomic mass is 35.5. The van der Waals surface area contributed by atoms with Gasteiger partial charge >= 0.3 is 0 Å². The van der Waals surface area contributed by atoms with Crippen LogP contribution in [0, 0.1) is 5.92 Å². The molecule has 0 bridgehead atoms. The van der Waals surface area contributed by atoms with Crippen molar-refractivity contribution < 1.29 is 9.90 Å². The van der Waals surface area contributed by atoms with Crippen LogP contribution in [-0.4, -0.2) is 28.1 Å². The number of rotatable bonds is 5. The van der Waals surface area contributed by atoms with Crippen molar-refractivity contribution in [3.8, 4) is 0 Å². The van der Waals surface area contributed by atoms with E-state index in [0.717, 1.165) is 0 Å². The summed E-state index contributed by atoms with van der Waals surface area (Å²) in [6, 6.07) is 3.24. The predicted octanol–water partition coefficient (Wildman–Crippen LogP) is 2.26. The molecule has 0 aliphatic carbocycles. The van der Waals surface area contributed by atoms with Gasteiger partial charge in [-0.25, -0.2) is 4.98 Å². The summed E-state index contributed by atoms with van der Waals surface area (Å²) in [4.78, 5) is 15.7. The number of nitrogens with zero attached hydrogens (tertiary/aromatic N) is 1. The van der Waals surface area contributed by atoms with Gasteiger partial charge in [0.05, 0.1) is 11.2 Å². The van der Waals surface area contributed by atoms with E-state index in [0.29, 0.717) is 17.9 Å². The van der Waals surface area contributed by atoms with Gasteiger partial charge in [-0.3, -0.25) is 4.79 Å². The average molecular weight is 271 g/mol. The molecule has 1 rings (SSSR count). The Bertz CT molecular complexity index is 419.